The van der Waals surface area contributed by atoms with Gasteiger partial charge in [0.05, 0.1) is 15.8 Å². The van der Waals surface area contributed by atoms with Gasteiger partial charge in [0.1, 0.15) is 11.1 Å². The number of rotatable bonds is 3. The summed E-state index contributed by atoms with van der Waals surface area (Å²) in [5, 5.41) is 10.4. The Labute approximate surface area is 140 Å². The Kier molecular flexibility index (Phi) is 4.06. The van der Waals surface area contributed by atoms with E-state index in [-0.39, 0.29) is 0 Å². The number of nitrogens with zero attached hydrogens (tertiary/aromatic N) is 3. The number of hydrogen-bond donors (Lipinski definition) is 0. The molecule has 0 N–H and O–H groups in total. The number of para-hydroxylation sites is 1. The molecule has 23 heavy (non-hydrogen) atoms. The van der Waals surface area contributed by atoms with Gasteiger partial charge in [-0.15, -0.1) is 11.3 Å². The fourth-order valence-electron chi connectivity index (χ4n) is 3.03. The van der Waals surface area contributed by atoms with E-state index in [9.17, 15) is 5.26 Å². The molecule has 0 atom stereocenters. The molecular weight excluding hydrogens is 302 g/mol. The average molecular weight is 321 g/mol. The molecule has 0 saturated carbocycles. The van der Waals surface area contributed by atoms with Crippen LogP contribution in [0.2, 0.25) is 0 Å². The van der Waals surface area contributed by atoms with Crippen LogP contribution in [0.5, 0.6) is 0 Å². The van der Waals surface area contributed by atoms with E-state index in [1.54, 1.807) is 11.3 Å². The lowest BCUT2D eigenvalue weighted by atomic mass is 10.1. The van der Waals surface area contributed by atoms with Gasteiger partial charge in [0.25, 0.3) is 0 Å². The van der Waals surface area contributed by atoms with Gasteiger partial charge in [0.15, 0.2) is 0 Å². The van der Waals surface area contributed by atoms with Gasteiger partial charge in [-0.25, -0.2) is 4.98 Å². The molecule has 2 heterocycles. The third-order valence-electron chi connectivity index (χ3n) is 3.98. The predicted octanol–water partition coefficient (Wildman–Crippen LogP) is 5.36. The lowest BCUT2D eigenvalue weighted by molar-refractivity contribution is 0.574. The Morgan fingerprint density at radius 3 is 2.65 bits per heavy atom. The van der Waals surface area contributed by atoms with Crippen LogP contribution in [0, 0.1) is 25.2 Å². The van der Waals surface area contributed by atoms with Gasteiger partial charge in [-0.1, -0.05) is 12.1 Å². The number of fused-ring (bicyclic) bond motifs is 1. The van der Waals surface area contributed by atoms with E-state index >= 15 is 0 Å². The summed E-state index contributed by atoms with van der Waals surface area (Å²) >= 11 is 1.56. The third kappa shape index (κ3) is 2.80. The Hall–Kier alpha value is -2.38. The number of benzene rings is 1. The third-order valence-corrected chi connectivity index (χ3v) is 5.05. The number of aryl methyl sites for hydroxylation is 1. The molecule has 0 aliphatic heterocycles. The highest BCUT2D eigenvalue weighted by molar-refractivity contribution is 7.19. The van der Waals surface area contributed by atoms with Crippen LogP contribution in [-0.2, 0) is 0 Å². The molecule has 0 radical (unpaired) electrons. The lowest BCUT2D eigenvalue weighted by Crippen LogP contribution is -2.04. The smallest absolute Gasteiger partial charge is 0.135 e. The highest BCUT2D eigenvalue weighted by Crippen LogP contribution is 2.29. The van der Waals surface area contributed by atoms with Crippen LogP contribution in [0.4, 0.5) is 0 Å². The van der Waals surface area contributed by atoms with Crippen LogP contribution < -0.4 is 0 Å². The zero-order valence-electron chi connectivity index (χ0n) is 13.8. The van der Waals surface area contributed by atoms with Gasteiger partial charge in [0.2, 0.25) is 0 Å². The fraction of sp³-hybridized carbons (Fsp3) is 0.263. The van der Waals surface area contributed by atoms with Crippen LogP contribution in [0.3, 0.4) is 0 Å². The van der Waals surface area contributed by atoms with Crippen LogP contribution in [0.15, 0.2) is 30.3 Å². The maximum absolute atomic E-state index is 9.58. The lowest BCUT2D eigenvalue weighted by Gasteiger charge is -2.13. The first kappa shape index (κ1) is 15.5. The van der Waals surface area contributed by atoms with E-state index in [0.29, 0.717) is 11.6 Å². The van der Waals surface area contributed by atoms with Gasteiger partial charge in [-0.05, 0) is 57.5 Å². The topological polar surface area (TPSA) is 41.6 Å². The number of nitriles is 1. The van der Waals surface area contributed by atoms with Crippen LogP contribution in [0.25, 0.3) is 21.9 Å². The molecule has 0 unspecified atom stereocenters. The standard InChI is InChI=1S/C19H19N3S/c1-12(2)22-13(3)9-15(14(22)4)10-16(11-20)19-21-17-7-5-6-8-18(17)23-19/h5-10,12H,1-4H3/b16-10+. The molecule has 0 fully saturated rings. The van der Waals surface area contributed by atoms with E-state index < -0.39 is 0 Å². The molecule has 0 bridgehead atoms. The summed E-state index contributed by atoms with van der Waals surface area (Å²) in [6, 6.07) is 12.8. The molecule has 4 heteroatoms. The molecule has 116 valence electrons. The first-order valence-electron chi connectivity index (χ1n) is 7.67. The van der Waals surface area contributed by atoms with Crippen molar-refractivity contribution in [2.75, 3.05) is 0 Å². The Bertz CT molecular complexity index is 902. The zero-order valence-corrected chi connectivity index (χ0v) is 14.6. The molecular formula is C19H19N3S. The van der Waals surface area contributed by atoms with Crippen molar-refractivity contribution in [1.29, 1.82) is 5.26 Å². The summed E-state index contributed by atoms with van der Waals surface area (Å²) in [5.74, 6) is 0. The molecule has 0 spiro atoms. The maximum Gasteiger partial charge on any atom is 0.135 e. The summed E-state index contributed by atoms with van der Waals surface area (Å²) in [7, 11) is 0. The first-order chi connectivity index (χ1) is 11.0. The molecule has 2 aromatic heterocycles. The van der Waals surface area contributed by atoms with Gasteiger partial charge in [-0.2, -0.15) is 5.26 Å². The zero-order chi connectivity index (χ0) is 16.6. The number of aromatic nitrogens is 2. The van der Waals surface area contributed by atoms with E-state index in [1.165, 1.54) is 11.4 Å². The van der Waals surface area contributed by atoms with Crippen LogP contribution in [0.1, 0.15) is 41.8 Å². The molecule has 3 rings (SSSR count). The Morgan fingerprint density at radius 1 is 1.30 bits per heavy atom. The second-order valence-corrected chi connectivity index (χ2v) is 6.98. The molecule has 3 aromatic rings. The number of allylic oxidation sites excluding steroid dienone is 1. The van der Waals surface area contributed by atoms with Crippen molar-refractivity contribution in [3.05, 3.63) is 52.3 Å². The second-order valence-electron chi connectivity index (χ2n) is 5.95. The van der Waals surface area contributed by atoms with Crippen LogP contribution in [-0.4, -0.2) is 9.55 Å². The summed E-state index contributed by atoms with van der Waals surface area (Å²) in [6.45, 7) is 8.55. The van der Waals surface area contributed by atoms with Crippen molar-refractivity contribution in [2.45, 2.75) is 33.7 Å². The monoisotopic (exact) mass is 321 g/mol. The van der Waals surface area contributed by atoms with Crippen LogP contribution >= 0.6 is 11.3 Å². The van der Waals surface area contributed by atoms with Crippen molar-refractivity contribution in [2.24, 2.45) is 0 Å². The van der Waals surface area contributed by atoms with Gasteiger partial charge >= 0.3 is 0 Å². The summed E-state index contributed by atoms with van der Waals surface area (Å²) in [5.41, 5.74) is 5.06. The Morgan fingerprint density at radius 2 is 2.04 bits per heavy atom. The van der Waals surface area contributed by atoms with Crippen molar-refractivity contribution in [1.82, 2.24) is 9.55 Å². The van der Waals surface area contributed by atoms with Gasteiger partial charge in [-0.3, -0.25) is 0 Å². The molecule has 1 aromatic carbocycles. The minimum atomic E-state index is 0.408. The van der Waals surface area contributed by atoms with Crippen molar-refractivity contribution < 1.29 is 0 Å². The molecule has 0 amide bonds. The largest absolute Gasteiger partial charge is 0.346 e. The van der Waals surface area contributed by atoms with Crippen molar-refractivity contribution >= 4 is 33.2 Å². The number of hydrogen-bond acceptors (Lipinski definition) is 3. The highest BCUT2D eigenvalue weighted by Gasteiger charge is 2.13. The van der Waals surface area contributed by atoms with Crippen molar-refractivity contribution in [3.63, 3.8) is 0 Å². The molecule has 0 saturated heterocycles. The Balaban J connectivity index is 2.09. The van der Waals surface area contributed by atoms with Gasteiger partial charge < -0.3 is 4.57 Å². The molecule has 3 nitrogen and oxygen atoms in total. The fourth-order valence-corrected chi connectivity index (χ4v) is 3.96. The highest BCUT2D eigenvalue weighted by atomic mass is 32.1. The van der Waals surface area contributed by atoms with E-state index in [0.717, 1.165) is 20.8 Å². The summed E-state index contributed by atoms with van der Waals surface area (Å²) in [6.07, 6.45) is 1.96. The summed E-state index contributed by atoms with van der Waals surface area (Å²) < 4.78 is 3.40. The maximum atomic E-state index is 9.58. The average Bonchev–Trinajstić information content (AvgIpc) is 3.05. The molecule has 0 aliphatic carbocycles. The van der Waals surface area contributed by atoms with E-state index in [4.69, 9.17) is 0 Å². The molecule has 0 aliphatic rings. The normalized spacial score (nSPS) is 12.1. The van der Waals surface area contributed by atoms with E-state index in [1.807, 2.05) is 30.3 Å². The number of thiazole rings is 1. The minimum absolute atomic E-state index is 0.408. The SMILES string of the molecule is Cc1cc(/C=C(\C#N)c2nc3ccccc3s2)c(C)n1C(C)C. The minimum Gasteiger partial charge on any atom is -0.346 e. The summed E-state index contributed by atoms with van der Waals surface area (Å²) in [4.78, 5) is 4.59. The first-order valence-corrected chi connectivity index (χ1v) is 8.49. The second kappa shape index (κ2) is 6.02. The van der Waals surface area contributed by atoms with Gasteiger partial charge in [0, 0.05) is 17.4 Å². The quantitative estimate of drug-likeness (QED) is 0.609. The predicted molar refractivity (Wildman–Crippen MR) is 97.4 cm³/mol. The van der Waals surface area contributed by atoms with E-state index in [2.05, 4.69) is 49.4 Å². The van der Waals surface area contributed by atoms with Crippen molar-refractivity contribution in [3.8, 4) is 6.07 Å².